The highest BCUT2D eigenvalue weighted by molar-refractivity contribution is 7.07. The summed E-state index contributed by atoms with van der Waals surface area (Å²) in [5.74, 6) is 0.207. The lowest BCUT2D eigenvalue weighted by molar-refractivity contribution is -0.132. The third-order valence-electron chi connectivity index (χ3n) is 2.62. The largest absolute Gasteiger partial charge is 0.409 e. The first-order valence-corrected chi connectivity index (χ1v) is 6.75. The Balaban J connectivity index is 2.58. The van der Waals surface area contributed by atoms with E-state index < -0.39 is 0 Å². The molecule has 100 valence electrons. The topological polar surface area (TPSA) is 78.9 Å². The summed E-state index contributed by atoms with van der Waals surface area (Å²) in [6.07, 6.45) is 0.780. The van der Waals surface area contributed by atoms with Gasteiger partial charge in [0.1, 0.15) is 5.84 Å². The van der Waals surface area contributed by atoms with Gasteiger partial charge in [-0.15, -0.1) is 0 Å². The third kappa shape index (κ3) is 4.37. The van der Waals surface area contributed by atoms with Crippen LogP contribution in [0, 0.1) is 0 Å². The van der Waals surface area contributed by atoms with Crippen LogP contribution in [-0.4, -0.2) is 34.4 Å². The van der Waals surface area contributed by atoms with Crippen molar-refractivity contribution < 1.29 is 10.0 Å². The van der Waals surface area contributed by atoms with Gasteiger partial charge >= 0.3 is 0 Å². The number of amidine groups is 1. The Morgan fingerprint density at radius 1 is 1.61 bits per heavy atom. The maximum atomic E-state index is 12.1. The smallest absolute Gasteiger partial charge is 0.227 e. The van der Waals surface area contributed by atoms with Crippen LogP contribution >= 0.6 is 11.3 Å². The van der Waals surface area contributed by atoms with Crippen LogP contribution in [0.4, 0.5) is 0 Å². The number of oxime groups is 1. The molecule has 1 amide bonds. The molecule has 1 heterocycles. The van der Waals surface area contributed by atoms with Crippen LogP contribution in [0.1, 0.15) is 25.8 Å². The van der Waals surface area contributed by atoms with Crippen molar-refractivity contribution in [3.8, 4) is 0 Å². The minimum absolute atomic E-state index is 0.0640. The Bertz CT molecular complexity index is 401. The van der Waals surface area contributed by atoms with Crippen molar-refractivity contribution in [3.63, 3.8) is 0 Å². The van der Waals surface area contributed by atoms with Crippen molar-refractivity contribution >= 4 is 23.1 Å². The minimum atomic E-state index is 0.0640. The van der Waals surface area contributed by atoms with E-state index in [2.05, 4.69) is 5.16 Å². The maximum Gasteiger partial charge on any atom is 0.227 e. The summed E-state index contributed by atoms with van der Waals surface area (Å²) < 4.78 is 0. The number of carbonyl (C=O) groups excluding carboxylic acids is 1. The zero-order valence-corrected chi connectivity index (χ0v) is 11.5. The van der Waals surface area contributed by atoms with Crippen molar-refractivity contribution in [2.75, 3.05) is 6.54 Å². The van der Waals surface area contributed by atoms with Crippen LogP contribution in [0.15, 0.2) is 22.0 Å². The molecule has 0 aliphatic heterocycles. The van der Waals surface area contributed by atoms with Gasteiger partial charge in [0.15, 0.2) is 0 Å². The maximum absolute atomic E-state index is 12.1. The Labute approximate surface area is 111 Å². The van der Waals surface area contributed by atoms with E-state index in [1.54, 1.807) is 16.2 Å². The van der Waals surface area contributed by atoms with Gasteiger partial charge in [-0.25, -0.2) is 0 Å². The molecular weight excluding hydrogens is 250 g/mol. The number of amides is 1. The summed E-state index contributed by atoms with van der Waals surface area (Å²) in [6.45, 7) is 4.38. The SMILES string of the molecule is CC(C)N(CC/C(N)=N/O)C(=O)Cc1ccsc1. The van der Waals surface area contributed by atoms with Gasteiger partial charge in [-0.2, -0.15) is 11.3 Å². The Morgan fingerprint density at radius 3 is 2.83 bits per heavy atom. The average Bonchev–Trinajstić information content (AvgIpc) is 2.81. The lowest BCUT2D eigenvalue weighted by atomic mass is 10.2. The molecule has 0 spiro atoms. The van der Waals surface area contributed by atoms with Crippen LogP contribution < -0.4 is 5.73 Å². The van der Waals surface area contributed by atoms with E-state index in [9.17, 15) is 4.79 Å². The second kappa shape index (κ2) is 7.00. The van der Waals surface area contributed by atoms with Gasteiger partial charge in [0.05, 0.1) is 6.42 Å². The average molecular weight is 269 g/mol. The van der Waals surface area contributed by atoms with Gasteiger partial charge in [-0.3, -0.25) is 4.79 Å². The van der Waals surface area contributed by atoms with E-state index in [4.69, 9.17) is 10.9 Å². The normalized spacial score (nSPS) is 11.8. The van der Waals surface area contributed by atoms with Crippen molar-refractivity contribution in [1.82, 2.24) is 4.90 Å². The molecule has 0 aliphatic rings. The number of thiophene rings is 1. The standard InChI is InChI=1S/C12H19N3O2S/c1-9(2)15(5-3-11(13)14-17)12(16)7-10-4-6-18-8-10/h4,6,8-9,17H,3,5,7H2,1-2H3,(H2,13,14). The van der Waals surface area contributed by atoms with E-state index in [1.165, 1.54) is 0 Å². The molecule has 18 heavy (non-hydrogen) atoms. The van der Waals surface area contributed by atoms with E-state index >= 15 is 0 Å². The summed E-state index contributed by atoms with van der Waals surface area (Å²) in [6, 6.07) is 2.05. The lowest BCUT2D eigenvalue weighted by Gasteiger charge is -2.26. The number of nitrogens with two attached hydrogens (primary N) is 1. The summed E-state index contributed by atoms with van der Waals surface area (Å²) in [5.41, 5.74) is 6.45. The van der Waals surface area contributed by atoms with Crippen LogP contribution in [0.25, 0.3) is 0 Å². The van der Waals surface area contributed by atoms with E-state index in [0.717, 1.165) is 5.56 Å². The quantitative estimate of drug-likeness (QED) is 0.357. The molecule has 1 rings (SSSR count). The second-order valence-corrected chi connectivity index (χ2v) is 5.11. The molecule has 0 saturated carbocycles. The van der Waals surface area contributed by atoms with E-state index in [-0.39, 0.29) is 17.8 Å². The molecule has 0 radical (unpaired) electrons. The molecule has 3 N–H and O–H groups in total. The number of carbonyl (C=O) groups is 1. The van der Waals surface area contributed by atoms with E-state index in [0.29, 0.717) is 19.4 Å². The van der Waals surface area contributed by atoms with Gasteiger partial charge in [0, 0.05) is 19.0 Å². The van der Waals surface area contributed by atoms with Crippen LogP contribution in [0.2, 0.25) is 0 Å². The number of nitrogens with zero attached hydrogens (tertiary/aromatic N) is 2. The fraction of sp³-hybridized carbons (Fsp3) is 0.500. The molecule has 6 heteroatoms. The molecular formula is C12H19N3O2S. The van der Waals surface area contributed by atoms with Crippen molar-refractivity contribution in [2.45, 2.75) is 32.7 Å². The highest BCUT2D eigenvalue weighted by Gasteiger charge is 2.17. The lowest BCUT2D eigenvalue weighted by Crippen LogP contribution is -2.40. The third-order valence-corrected chi connectivity index (χ3v) is 3.35. The van der Waals surface area contributed by atoms with Crippen LogP contribution in [0.3, 0.4) is 0 Å². The zero-order chi connectivity index (χ0) is 13.5. The number of rotatable bonds is 6. The monoisotopic (exact) mass is 269 g/mol. The van der Waals surface area contributed by atoms with Crippen molar-refractivity contribution in [3.05, 3.63) is 22.4 Å². The minimum Gasteiger partial charge on any atom is -0.409 e. The molecule has 0 aromatic carbocycles. The summed E-state index contributed by atoms with van der Waals surface area (Å²) in [7, 11) is 0. The molecule has 0 atom stereocenters. The van der Waals surface area contributed by atoms with Crippen LogP contribution in [-0.2, 0) is 11.2 Å². The molecule has 1 aromatic heterocycles. The predicted octanol–water partition coefficient (Wildman–Crippen LogP) is 1.66. The first-order valence-electron chi connectivity index (χ1n) is 5.81. The zero-order valence-electron chi connectivity index (χ0n) is 10.7. The van der Waals surface area contributed by atoms with Gasteiger partial charge in [0.25, 0.3) is 0 Å². The van der Waals surface area contributed by atoms with Gasteiger partial charge < -0.3 is 15.8 Å². The fourth-order valence-electron chi connectivity index (χ4n) is 1.63. The second-order valence-electron chi connectivity index (χ2n) is 4.33. The highest BCUT2D eigenvalue weighted by Crippen LogP contribution is 2.10. The van der Waals surface area contributed by atoms with E-state index in [1.807, 2.05) is 30.7 Å². The van der Waals surface area contributed by atoms with Crippen molar-refractivity contribution in [2.24, 2.45) is 10.9 Å². The highest BCUT2D eigenvalue weighted by atomic mass is 32.1. The van der Waals surface area contributed by atoms with Gasteiger partial charge in [0.2, 0.25) is 5.91 Å². The van der Waals surface area contributed by atoms with Gasteiger partial charge in [-0.1, -0.05) is 5.16 Å². The summed E-state index contributed by atoms with van der Waals surface area (Å²) >= 11 is 1.58. The summed E-state index contributed by atoms with van der Waals surface area (Å²) in [4.78, 5) is 13.9. The Morgan fingerprint density at radius 2 is 2.33 bits per heavy atom. The molecule has 0 fully saturated rings. The Hall–Kier alpha value is -1.56. The molecule has 0 bridgehead atoms. The number of hydrogen-bond donors (Lipinski definition) is 2. The first kappa shape index (κ1) is 14.5. The van der Waals surface area contributed by atoms with Gasteiger partial charge in [-0.05, 0) is 36.2 Å². The van der Waals surface area contributed by atoms with Crippen LogP contribution in [0.5, 0.6) is 0 Å². The fourth-order valence-corrected chi connectivity index (χ4v) is 2.29. The first-order chi connectivity index (χ1) is 8.54. The molecule has 1 aromatic rings. The molecule has 0 saturated heterocycles. The van der Waals surface area contributed by atoms with Crippen molar-refractivity contribution in [1.29, 1.82) is 0 Å². The Kier molecular flexibility index (Phi) is 5.64. The molecule has 5 nitrogen and oxygen atoms in total. The molecule has 0 aliphatic carbocycles. The summed E-state index contributed by atoms with van der Waals surface area (Å²) in [5, 5.41) is 15.3. The number of hydrogen-bond acceptors (Lipinski definition) is 4. The predicted molar refractivity (Wildman–Crippen MR) is 72.9 cm³/mol. The molecule has 0 unspecified atom stereocenters.